The van der Waals surface area contributed by atoms with Crippen LogP contribution in [0.1, 0.15) is 27.2 Å². The van der Waals surface area contributed by atoms with Gasteiger partial charge in [-0.05, 0) is 39.7 Å². The minimum Gasteiger partial charge on any atom is -0.383 e. The number of hydrogen-bond acceptors (Lipinski definition) is 4. The van der Waals surface area contributed by atoms with Crippen molar-refractivity contribution in [3.05, 3.63) is 12.4 Å². The summed E-state index contributed by atoms with van der Waals surface area (Å²) in [4.78, 5) is 6.98. The summed E-state index contributed by atoms with van der Waals surface area (Å²) in [5.41, 5.74) is 0. The van der Waals surface area contributed by atoms with Gasteiger partial charge >= 0.3 is 0 Å². The topological polar surface area (TPSA) is 42.3 Å². The van der Waals surface area contributed by atoms with E-state index in [0.717, 1.165) is 18.4 Å². The van der Waals surface area contributed by atoms with Crippen LogP contribution in [-0.2, 0) is 11.3 Å². The zero-order chi connectivity index (χ0) is 14.5. The van der Waals surface area contributed by atoms with E-state index in [2.05, 4.69) is 46.7 Å². The molecule has 5 heteroatoms. The lowest BCUT2D eigenvalue weighted by Gasteiger charge is -2.21. The first-order valence-corrected chi connectivity index (χ1v) is 7.60. The van der Waals surface area contributed by atoms with Crippen LogP contribution in [0.4, 0.5) is 5.95 Å². The highest BCUT2D eigenvalue weighted by Gasteiger charge is 2.24. The van der Waals surface area contributed by atoms with Gasteiger partial charge in [-0.25, -0.2) is 4.98 Å². The predicted molar refractivity (Wildman–Crippen MR) is 82.0 cm³/mol. The van der Waals surface area contributed by atoms with Crippen molar-refractivity contribution in [2.24, 2.45) is 5.92 Å². The molecule has 114 valence electrons. The average Bonchev–Trinajstić information content (AvgIpc) is 3.00. The summed E-state index contributed by atoms with van der Waals surface area (Å²) in [6.45, 7) is 10.8. The number of methoxy groups -OCH3 is 1. The quantitative estimate of drug-likeness (QED) is 0.830. The van der Waals surface area contributed by atoms with Gasteiger partial charge in [0.1, 0.15) is 0 Å². The highest BCUT2D eigenvalue weighted by molar-refractivity contribution is 5.27. The minimum absolute atomic E-state index is 0.275. The molecule has 2 unspecified atom stereocenters. The van der Waals surface area contributed by atoms with Crippen molar-refractivity contribution < 1.29 is 4.74 Å². The molecule has 0 amide bonds. The Morgan fingerprint density at radius 2 is 2.25 bits per heavy atom. The molecule has 2 heterocycles. The summed E-state index contributed by atoms with van der Waals surface area (Å²) in [5.74, 6) is 1.68. The van der Waals surface area contributed by atoms with Gasteiger partial charge in [-0.1, -0.05) is 0 Å². The van der Waals surface area contributed by atoms with Crippen molar-refractivity contribution >= 4 is 5.95 Å². The van der Waals surface area contributed by atoms with Crippen molar-refractivity contribution in [1.82, 2.24) is 14.5 Å². The largest absolute Gasteiger partial charge is 0.383 e. The maximum Gasteiger partial charge on any atom is 0.203 e. The number of nitrogens with one attached hydrogen (secondary N) is 1. The first-order valence-electron chi connectivity index (χ1n) is 7.60. The smallest absolute Gasteiger partial charge is 0.203 e. The third-order valence-corrected chi connectivity index (χ3v) is 4.01. The molecule has 1 aliphatic rings. The fraction of sp³-hybridized carbons (Fsp3) is 0.800. The van der Waals surface area contributed by atoms with E-state index >= 15 is 0 Å². The van der Waals surface area contributed by atoms with Gasteiger partial charge in [0.05, 0.1) is 6.61 Å². The molecule has 0 bridgehead atoms. The van der Waals surface area contributed by atoms with Crippen LogP contribution in [-0.4, -0.2) is 53.3 Å². The molecule has 1 saturated heterocycles. The van der Waals surface area contributed by atoms with E-state index in [1.165, 1.54) is 19.5 Å². The van der Waals surface area contributed by atoms with Gasteiger partial charge in [-0.3, -0.25) is 0 Å². The summed E-state index contributed by atoms with van der Waals surface area (Å²) < 4.78 is 7.40. The molecule has 1 aromatic rings. The van der Waals surface area contributed by atoms with Gasteiger partial charge in [0, 0.05) is 44.7 Å². The van der Waals surface area contributed by atoms with E-state index in [1.54, 1.807) is 7.11 Å². The average molecular weight is 280 g/mol. The molecular formula is C15H28N4O. The second-order valence-corrected chi connectivity index (χ2v) is 6.15. The first kappa shape index (κ1) is 15.3. The van der Waals surface area contributed by atoms with E-state index < -0.39 is 0 Å². The van der Waals surface area contributed by atoms with E-state index in [-0.39, 0.29) is 6.04 Å². The van der Waals surface area contributed by atoms with Crippen molar-refractivity contribution in [3.8, 4) is 0 Å². The molecule has 0 radical (unpaired) electrons. The Morgan fingerprint density at radius 1 is 1.45 bits per heavy atom. The summed E-state index contributed by atoms with van der Waals surface area (Å²) >= 11 is 0. The van der Waals surface area contributed by atoms with Crippen molar-refractivity contribution in [1.29, 1.82) is 0 Å². The van der Waals surface area contributed by atoms with Crippen LogP contribution in [0.25, 0.3) is 0 Å². The minimum atomic E-state index is 0.275. The molecule has 1 fully saturated rings. The van der Waals surface area contributed by atoms with Crippen molar-refractivity contribution in [3.63, 3.8) is 0 Å². The third kappa shape index (κ3) is 3.96. The fourth-order valence-corrected chi connectivity index (χ4v) is 2.87. The number of anilines is 1. The number of ether oxygens (including phenoxy) is 1. The third-order valence-electron chi connectivity index (χ3n) is 4.01. The highest BCUT2D eigenvalue weighted by Crippen LogP contribution is 2.21. The van der Waals surface area contributed by atoms with Crippen molar-refractivity contribution in [2.45, 2.75) is 45.8 Å². The molecule has 0 aliphatic carbocycles. The molecule has 0 aromatic carbocycles. The molecule has 2 atom stereocenters. The summed E-state index contributed by atoms with van der Waals surface area (Å²) in [5, 5.41) is 3.41. The van der Waals surface area contributed by atoms with Crippen molar-refractivity contribution in [2.75, 3.05) is 32.1 Å². The molecule has 0 spiro atoms. The van der Waals surface area contributed by atoms with Crippen LogP contribution < -0.4 is 5.32 Å². The molecule has 0 saturated carbocycles. The normalized spacial score (nSPS) is 21.6. The number of nitrogens with zero attached hydrogens (tertiary/aromatic N) is 3. The number of hydrogen-bond donors (Lipinski definition) is 1. The Bertz CT molecular complexity index is 404. The van der Waals surface area contributed by atoms with Gasteiger partial charge < -0.3 is 19.5 Å². The zero-order valence-electron chi connectivity index (χ0n) is 13.2. The lowest BCUT2D eigenvalue weighted by molar-refractivity contribution is 0.190. The molecular weight excluding hydrogens is 252 g/mol. The monoisotopic (exact) mass is 280 g/mol. The van der Waals surface area contributed by atoms with Crippen LogP contribution in [0.2, 0.25) is 0 Å². The molecule has 1 N–H and O–H groups in total. The molecule has 5 nitrogen and oxygen atoms in total. The van der Waals surface area contributed by atoms with Gasteiger partial charge in [0.2, 0.25) is 5.95 Å². The fourth-order valence-electron chi connectivity index (χ4n) is 2.87. The van der Waals surface area contributed by atoms with Crippen LogP contribution in [0.3, 0.4) is 0 Å². The van der Waals surface area contributed by atoms with Gasteiger partial charge in [-0.2, -0.15) is 0 Å². The van der Waals surface area contributed by atoms with Crippen LogP contribution in [0, 0.1) is 5.92 Å². The highest BCUT2D eigenvalue weighted by atomic mass is 16.5. The Labute approximate surface area is 122 Å². The van der Waals surface area contributed by atoms with Crippen LogP contribution >= 0.6 is 0 Å². The lowest BCUT2D eigenvalue weighted by Crippen LogP contribution is -2.29. The van der Waals surface area contributed by atoms with E-state index in [9.17, 15) is 0 Å². The van der Waals surface area contributed by atoms with Gasteiger partial charge in [0.15, 0.2) is 0 Å². The van der Waals surface area contributed by atoms with Crippen LogP contribution in [0.5, 0.6) is 0 Å². The first-order chi connectivity index (χ1) is 9.60. The van der Waals surface area contributed by atoms with E-state index in [0.29, 0.717) is 12.6 Å². The Morgan fingerprint density at radius 3 is 2.90 bits per heavy atom. The SMILES string of the molecule is COCC(C)Nc1nccn1CC1CCN(C(C)C)C1. The number of rotatable bonds is 7. The Kier molecular flexibility index (Phi) is 5.43. The maximum absolute atomic E-state index is 5.16. The molecule has 2 rings (SSSR count). The second kappa shape index (κ2) is 7.09. The Balaban J connectivity index is 1.89. The van der Waals surface area contributed by atoms with E-state index in [1.807, 2.05) is 6.20 Å². The maximum atomic E-state index is 5.16. The zero-order valence-corrected chi connectivity index (χ0v) is 13.2. The standard InChI is InChI=1S/C15H28N4O/c1-12(2)18-7-5-14(9-18)10-19-8-6-16-15(19)17-13(3)11-20-4/h6,8,12-14H,5,7,9-11H2,1-4H3,(H,16,17). The number of imidazole rings is 1. The molecule has 20 heavy (non-hydrogen) atoms. The summed E-state index contributed by atoms with van der Waals surface area (Å²) in [6, 6.07) is 0.930. The van der Waals surface area contributed by atoms with Gasteiger partial charge in [0.25, 0.3) is 0 Å². The second-order valence-electron chi connectivity index (χ2n) is 6.15. The van der Waals surface area contributed by atoms with Crippen LogP contribution in [0.15, 0.2) is 12.4 Å². The Hall–Kier alpha value is -1.07. The summed E-state index contributed by atoms with van der Waals surface area (Å²) in [7, 11) is 1.73. The molecule has 1 aliphatic heterocycles. The number of likely N-dealkylation sites (tertiary alicyclic amines) is 1. The predicted octanol–water partition coefficient (Wildman–Crippen LogP) is 2.06. The van der Waals surface area contributed by atoms with E-state index in [4.69, 9.17) is 4.74 Å². The number of aromatic nitrogens is 2. The summed E-state index contributed by atoms with van der Waals surface area (Å²) in [6.07, 6.45) is 5.22. The van der Waals surface area contributed by atoms with Gasteiger partial charge in [-0.15, -0.1) is 0 Å². The molecule has 1 aromatic heterocycles. The lowest BCUT2D eigenvalue weighted by atomic mass is 10.1.